The van der Waals surface area contributed by atoms with Crippen LogP contribution in [0.2, 0.25) is 5.02 Å². The largest absolute Gasteiger partial charge is 0.379 e. The Bertz CT molecular complexity index is 1640. The van der Waals surface area contributed by atoms with Crippen molar-refractivity contribution in [2.24, 2.45) is 7.05 Å². The topological polar surface area (TPSA) is 92.7 Å². The number of nitrogens with one attached hydrogen (secondary N) is 2. The van der Waals surface area contributed by atoms with Gasteiger partial charge in [-0.3, -0.25) is 24.6 Å². The Morgan fingerprint density at radius 2 is 1.79 bits per heavy atom. The van der Waals surface area contributed by atoms with Gasteiger partial charge in [0.2, 0.25) is 6.41 Å². The van der Waals surface area contributed by atoms with Crippen molar-refractivity contribution in [1.82, 2.24) is 14.8 Å². The summed E-state index contributed by atoms with van der Waals surface area (Å²) in [7, 11) is 1.98. The highest BCUT2D eigenvalue weighted by atomic mass is 35.5. The molecule has 9 heteroatoms. The molecule has 3 aromatic carbocycles. The number of imide groups is 1. The Balaban J connectivity index is 1.50. The molecule has 2 aliphatic rings. The third kappa shape index (κ3) is 4.48. The standard InChI is InChI=1S/C30H29ClN4O4/c1-34-24-16-21(20-7-2-3-8-23(20)31)26-27(30(38)33-29(26)37)25(24)22-15-19(32-17-36)14-18(28(22)34)6-4-5-9-35-10-12-39-13-11-35/h2-3,7-8,14-17H,4-6,9-13H2,1H3,(H,32,36)(H,33,37,38). The van der Waals surface area contributed by atoms with Crippen molar-refractivity contribution in [3.63, 3.8) is 0 Å². The first-order valence-electron chi connectivity index (χ1n) is 13.2. The molecule has 0 bridgehead atoms. The van der Waals surface area contributed by atoms with Crippen LogP contribution in [0, 0.1) is 0 Å². The van der Waals surface area contributed by atoms with Crippen LogP contribution in [0.4, 0.5) is 5.69 Å². The third-order valence-corrected chi connectivity index (χ3v) is 8.14. The average Bonchev–Trinajstić information content (AvgIpc) is 3.39. The lowest BCUT2D eigenvalue weighted by Crippen LogP contribution is -2.36. The summed E-state index contributed by atoms with van der Waals surface area (Å²) < 4.78 is 7.54. The number of fused-ring (bicyclic) bond motifs is 5. The quantitative estimate of drug-likeness (QED) is 0.190. The highest BCUT2D eigenvalue weighted by Gasteiger charge is 2.35. The second kappa shape index (κ2) is 10.4. The molecule has 4 aromatic rings. The Hall–Kier alpha value is -3.72. The van der Waals surface area contributed by atoms with Crippen LogP contribution in [-0.2, 0) is 23.0 Å². The molecule has 0 atom stereocenters. The maximum Gasteiger partial charge on any atom is 0.259 e. The molecule has 0 aliphatic carbocycles. The summed E-state index contributed by atoms with van der Waals surface area (Å²) in [5.41, 5.74) is 5.53. The molecule has 2 N–H and O–H groups in total. The number of aromatic nitrogens is 1. The zero-order valence-corrected chi connectivity index (χ0v) is 22.4. The van der Waals surface area contributed by atoms with Crippen LogP contribution in [0.1, 0.15) is 39.1 Å². The molecule has 1 saturated heterocycles. The van der Waals surface area contributed by atoms with E-state index in [0.29, 0.717) is 44.8 Å². The zero-order chi connectivity index (χ0) is 27.1. The minimum absolute atomic E-state index is 0.328. The molecule has 0 spiro atoms. The fourth-order valence-corrected chi connectivity index (χ4v) is 6.25. The molecule has 39 heavy (non-hydrogen) atoms. The maximum atomic E-state index is 13.2. The van der Waals surface area contributed by atoms with Gasteiger partial charge in [-0.2, -0.15) is 0 Å². The van der Waals surface area contributed by atoms with Gasteiger partial charge in [0.25, 0.3) is 11.8 Å². The monoisotopic (exact) mass is 544 g/mol. The van der Waals surface area contributed by atoms with E-state index >= 15 is 0 Å². The maximum absolute atomic E-state index is 13.2. The Kier molecular flexibility index (Phi) is 6.85. The number of rotatable bonds is 8. The number of carbonyl (C=O) groups excluding carboxylic acids is 3. The van der Waals surface area contributed by atoms with Gasteiger partial charge in [-0.1, -0.05) is 29.8 Å². The second-order valence-corrected chi connectivity index (χ2v) is 10.5. The van der Waals surface area contributed by atoms with Crippen LogP contribution in [0.25, 0.3) is 32.9 Å². The molecule has 0 radical (unpaired) electrons. The molecule has 200 valence electrons. The molecule has 0 unspecified atom stereocenters. The van der Waals surface area contributed by atoms with Gasteiger partial charge in [-0.25, -0.2) is 0 Å². The number of halogens is 1. The Morgan fingerprint density at radius 3 is 2.56 bits per heavy atom. The molecule has 3 amide bonds. The number of amides is 3. The minimum atomic E-state index is -0.436. The van der Waals surface area contributed by atoms with E-state index in [4.69, 9.17) is 16.3 Å². The van der Waals surface area contributed by atoms with Gasteiger partial charge in [0.1, 0.15) is 0 Å². The predicted molar refractivity (Wildman–Crippen MR) is 153 cm³/mol. The van der Waals surface area contributed by atoms with E-state index in [0.717, 1.165) is 74.1 Å². The van der Waals surface area contributed by atoms with Gasteiger partial charge in [0.05, 0.1) is 35.4 Å². The van der Waals surface area contributed by atoms with Gasteiger partial charge in [-0.05, 0) is 61.2 Å². The minimum Gasteiger partial charge on any atom is -0.379 e. The number of unbranched alkanes of at least 4 members (excludes halogenated alkanes) is 1. The lowest BCUT2D eigenvalue weighted by molar-refractivity contribution is -0.105. The summed E-state index contributed by atoms with van der Waals surface area (Å²) in [6, 6.07) is 13.2. The number of hydrogen-bond donors (Lipinski definition) is 2. The highest BCUT2D eigenvalue weighted by molar-refractivity contribution is 6.36. The summed E-state index contributed by atoms with van der Waals surface area (Å²) in [5, 5.41) is 7.31. The molecular weight excluding hydrogens is 516 g/mol. The predicted octanol–water partition coefficient (Wildman–Crippen LogP) is 4.76. The van der Waals surface area contributed by atoms with Gasteiger partial charge < -0.3 is 14.6 Å². The van der Waals surface area contributed by atoms with Crippen molar-refractivity contribution in [3.05, 3.63) is 64.2 Å². The van der Waals surface area contributed by atoms with E-state index in [-0.39, 0.29) is 0 Å². The fraction of sp³-hybridized carbons (Fsp3) is 0.300. The summed E-state index contributed by atoms with van der Waals surface area (Å²) in [6.45, 7) is 4.52. The second-order valence-electron chi connectivity index (χ2n) is 10.1. The molecule has 6 rings (SSSR count). The van der Waals surface area contributed by atoms with Crippen molar-refractivity contribution >= 4 is 57.3 Å². The number of nitrogens with zero attached hydrogens (tertiary/aromatic N) is 2. The van der Waals surface area contributed by atoms with E-state index in [1.807, 2.05) is 43.4 Å². The molecule has 2 aliphatic heterocycles. The number of morpholine rings is 1. The van der Waals surface area contributed by atoms with Crippen molar-refractivity contribution in [3.8, 4) is 11.1 Å². The van der Waals surface area contributed by atoms with E-state index in [2.05, 4.69) is 20.1 Å². The average molecular weight is 545 g/mol. The first-order valence-corrected chi connectivity index (χ1v) is 13.6. The van der Waals surface area contributed by atoms with Crippen LogP contribution in [0.5, 0.6) is 0 Å². The summed E-state index contributed by atoms with van der Waals surface area (Å²) in [5.74, 6) is -0.864. The number of hydrogen-bond acceptors (Lipinski definition) is 5. The SMILES string of the molecule is Cn1c2cc(-c3ccccc3Cl)c3c(c2c2cc(NC=O)cc(CCCCN4CCOCC4)c21)C(=O)NC3=O. The van der Waals surface area contributed by atoms with Crippen molar-refractivity contribution in [2.45, 2.75) is 19.3 Å². The highest BCUT2D eigenvalue weighted by Crippen LogP contribution is 2.43. The summed E-state index contributed by atoms with van der Waals surface area (Å²) in [4.78, 5) is 40.1. The van der Waals surface area contributed by atoms with Crippen LogP contribution >= 0.6 is 11.6 Å². The first kappa shape index (κ1) is 25.6. The van der Waals surface area contributed by atoms with Gasteiger partial charge in [0, 0.05) is 47.2 Å². The van der Waals surface area contributed by atoms with Crippen molar-refractivity contribution in [1.29, 1.82) is 0 Å². The summed E-state index contributed by atoms with van der Waals surface area (Å²) in [6.07, 6.45) is 3.48. The van der Waals surface area contributed by atoms with E-state index < -0.39 is 11.8 Å². The number of aryl methyl sites for hydroxylation is 2. The summed E-state index contributed by atoms with van der Waals surface area (Å²) >= 11 is 6.55. The van der Waals surface area contributed by atoms with Crippen molar-refractivity contribution < 1.29 is 19.1 Å². The lowest BCUT2D eigenvalue weighted by Gasteiger charge is -2.26. The lowest BCUT2D eigenvalue weighted by atomic mass is 9.92. The van der Waals surface area contributed by atoms with Crippen LogP contribution in [0.3, 0.4) is 0 Å². The Morgan fingerprint density at radius 1 is 1.03 bits per heavy atom. The van der Waals surface area contributed by atoms with Crippen LogP contribution < -0.4 is 10.6 Å². The molecule has 1 aromatic heterocycles. The van der Waals surface area contributed by atoms with E-state index in [9.17, 15) is 14.4 Å². The molecule has 0 saturated carbocycles. The molecular formula is C30H29ClN4O4. The smallest absolute Gasteiger partial charge is 0.259 e. The number of anilines is 1. The van der Waals surface area contributed by atoms with Gasteiger partial charge in [-0.15, -0.1) is 0 Å². The third-order valence-electron chi connectivity index (χ3n) is 7.81. The Labute approximate surface area is 230 Å². The number of ether oxygens (including phenoxy) is 1. The number of carbonyl (C=O) groups is 3. The molecule has 1 fully saturated rings. The van der Waals surface area contributed by atoms with E-state index in [1.165, 1.54) is 0 Å². The van der Waals surface area contributed by atoms with Crippen molar-refractivity contribution in [2.75, 3.05) is 38.2 Å². The van der Waals surface area contributed by atoms with Gasteiger partial charge in [0.15, 0.2) is 0 Å². The molecule has 8 nitrogen and oxygen atoms in total. The molecule has 3 heterocycles. The van der Waals surface area contributed by atoms with Gasteiger partial charge >= 0.3 is 0 Å². The van der Waals surface area contributed by atoms with Crippen LogP contribution in [-0.4, -0.2) is 60.5 Å². The number of benzene rings is 3. The van der Waals surface area contributed by atoms with Crippen LogP contribution in [0.15, 0.2) is 42.5 Å². The first-order chi connectivity index (χ1) is 19.0. The fourth-order valence-electron chi connectivity index (χ4n) is 6.01. The van der Waals surface area contributed by atoms with E-state index in [1.54, 1.807) is 6.07 Å². The zero-order valence-electron chi connectivity index (χ0n) is 21.7. The normalized spacial score (nSPS) is 15.6.